The summed E-state index contributed by atoms with van der Waals surface area (Å²) in [5.41, 5.74) is 1.24. The first-order valence-corrected chi connectivity index (χ1v) is 5.78. The van der Waals surface area contributed by atoms with Crippen LogP contribution in [0.25, 0.3) is 0 Å². The Morgan fingerprint density at radius 1 is 1.54 bits per heavy atom. The maximum absolute atomic E-state index is 4.24. The Kier molecular flexibility index (Phi) is 4.33. The first-order chi connectivity index (χ1) is 6.13. The Bertz CT molecular complexity index is 179. The molecule has 76 valence electrons. The number of hydrogen-bond acceptors (Lipinski definition) is 2. The van der Waals surface area contributed by atoms with E-state index in [-0.39, 0.29) is 0 Å². The van der Waals surface area contributed by atoms with Crippen molar-refractivity contribution >= 4 is 12.6 Å². The van der Waals surface area contributed by atoms with Crippen molar-refractivity contribution in [2.75, 3.05) is 18.8 Å². The molecule has 2 atom stereocenters. The Hall–Kier alpha value is 0.0500. The largest absolute Gasteiger partial charge is 0.297 e. The van der Waals surface area contributed by atoms with Crippen molar-refractivity contribution in [3.05, 3.63) is 12.2 Å². The molecule has 13 heavy (non-hydrogen) atoms. The van der Waals surface area contributed by atoms with Crippen molar-refractivity contribution < 1.29 is 0 Å². The fourth-order valence-electron chi connectivity index (χ4n) is 2.03. The lowest BCUT2D eigenvalue weighted by Gasteiger charge is -2.36. The minimum absolute atomic E-state index is 0.723. The van der Waals surface area contributed by atoms with Crippen LogP contribution in [0.4, 0.5) is 0 Å². The molecular weight excluding hydrogens is 178 g/mol. The van der Waals surface area contributed by atoms with Crippen LogP contribution < -0.4 is 0 Å². The summed E-state index contributed by atoms with van der Waals surface area (Å²) in [5.74, 6) is 1.72. The Labute approximate surface area is 87.6 Å². The van der Waals surface area contributed by atoms with E-state index >= 15 is 0 Å². The van der Waals surface area contributed by atoms with E-state index in [1.165, 1.54) is 25.0 Å². The van der Waals surface area contributed by atoms with Gasteiger partial charge in [-0.1, -0.05) is 19.1 Å². The summed E-state index contributed by atoms with van der Waals surface area (Å²) in [6, 6.07) is 0.723. The zero-order chi connectivity index (χ0) is 9.84. The first kappa shape index (κ1) is 11.1. The van der Waals surface area contributed by atoms with Crippen molar-refractivity contribution in [1.29, 1.82) is 0 Å². The SMILES string of the molecule is C=C(CS)CN1CCC(C)CC1C. The standard InChI is InChI=1S/C11H21NS/c1-9-4-5-12(11(3)6-9)7-10(2)8-13/h9,11,13H,2,4-8H2,1,3H3. The molecule has 0 spiro atoms. The van der Waals surface area contributed by atoms with E-state index in [0.717, 1.165) is 24.3 Å². The molecule has 2 heteroatoms. The second kappa shape index (κ2) is 5.06. The highest BCUT2D eigenvalue weighted by Crippen LogP contribution is 2.22. The highest BCUT2D eigenvalue weighted by atomic mass is 32.1. The molecule has 0 saturated carbocycles. The van der Waals surface area contributed by atoms with Crippen LogP contribution in [0.3, 0.4) is 0 Å². The molecule has 1 nitrogen and oxygen atoms in total. The van der Waals surface area contributed by atoms with Gasteiger partial charge in [0.15, 0.2) is 0 Å². The summed E-state index contributed by atoms with van der Waals surface area (Å²) in [7, 11) is 0. The van der Waals surface area contributed by atoms with E-state index in [0.29, 0.717) is 0 Å². The number of thiol groups is 1. The molecular formula is C11H21NS. The topological polar surface area (TPSA) is 3.24 Å². The zero-order valence-corrected chi connectivity index (χ0v) is 9.69. The van der Waals surface area contributed by atoms with Gasteiger partial charge in [0.2, 0.25) is 0 Å². The number of piperidine rings is 1. The lowest BCUT2D eigenvalue weighted by molar-refractivity contribution is 0.141. The van der Waals surface area contributed by atoms with Crippen molar-refractivity contribution in [2.24, 2.45) is 5.92 Å². The summed E-state index contributed by atoms with van der Waals surface area (Å²) in [5, 5.41) is 0. The van der Waals surface area contributed by atoms with Crippen LogP contribution in [0.1, 0.15) is 26.7 Å². The fraction of sp³-hybridized carbons (Fsp3) is 0.818. The third kappa shape index (κ3) is 3.35. The molecule has 2 unspecified atom stereocenters. The average Bonchev–Trinajstić information content (AvgIpc) is 2.09. The highest BCUT2D eigenvalue weighted by Gasteiger charge is 2.22. The fourth-order valence-corrected chi connectivity index (χ4v) is 2.13. The van der Waals surface area contributed by atoms with Crippen molar-refractivity contribution in [1.82, 2.24) is 4.90 Å². The number of likely N-dealkylation sites (tertiary alicyclic amines) is 1. The monoisotopic (exact) mass is 199 g/mol. The van der Waals surface area contributed by atoms with Gasteiger partial charge in [-0.25, -0.2) is 0 Å². The number of nitrogens with zero attached hydrogens (tertiary/aromatic N) is 1. The van der Waals surface area contributed by atoms with Gasteiger partial charge in [-0.05, 0) is 32.2 Å². The quantitative estimate of drug-likeness (QED) is 0.540. The van der Waals surface area contributed by atoms with Crippen LogP contribution in [0.5, 0.6) is 0 Å². The lowest BCUT2D eigenvalue weighted by atomic mass is 9.93. The van der Waals surface area contributed by atoms with Crippen LogP contribution in [0.2, 0.25) is 0 Å². The summed E-state index contributed by atoms with van der Waals surface area (Å²) in [6.45, 7) is 10.9. The predicted molar refractivity (Wildman–Crippen MR) is 62.4 cm³/mol. The molecule has 0 N–H and O–H groups in total. The molecule has 0 aromatic heterocycles. The Morgan fingerprint density at radius 3 is 2.77 bits per heavy atom. The number of hydrogen-bond donors (Lipinski definition) is 1. The molecule has 0 amide bonds. The molecule has 1 rings (SSSR count). The molecule has 0 aliphatic carbocycles. The zero-order valence-electron chi connectivity index (χ0n) is 8.79. The molecule has 1 aliphatic rings. The minimum Gasteiger partial charge on any atom is -0.297 e. The van der Waals surface area contributed by atoms with E-state index in [1.807, 2.05) is 0 Å². The van der Waals surface area contributed by atoms with Gasteiger partial charge in [-0.3, -0.25) is 4.90 Å². The van der Waals surface area contributed by atoms with E-state index in [4.69, 9.17) is 0 Å². The normalized spacial score (nSPS) is 30.4. The maximum Gasteiger partial charge on any atom is 0.0201 e. The van der Waals surface area contributed by atoms with Crippen molar-refractivity contribution in [3.8, 4) is 0 Å². The minimum atomic E-state index is 0.723. The van der Waals surface area contributed by atoms with Gasteiger partial charge in [0.25, 0.3) is 0 Å². The van der Waals surface area contributed by atoms with E-state index < -0.39 is 0 Å². The van der Waals surface area contributed by atoms with Gasteiger partial charge in [-0.15, -0.1) is 0 Å². The first-order valence-electron chi connectivity index (χ1n) is 5.15. The Balaban J connectivity index is 2.38. The highest BCUT2D eigenvalue weighted by molar-refractivity contribution is 7.80. The molecule has 0 radical (unpaired) electrons. The second-order valence-electron chi connectivity index (χ2n) is 4.36. The molecule has 1 fully saturated rings. The molecule has 1 saturated heterocycles. The average molecular weight is 199 g/mol. The summed E-state index contributed by atoms with van der Waals surface area (Å²) >= 11 is 4.24. The third-order valence-corrected chi connectivity index (χ3v) is 3.37. The smallest absolute Gasteiger partial charge is 0.0201 e. The lowest BCUT2D eigenvalue weighted by Crippen LogP contribution is -2.41. The predicted octanol–water partition coefficient (Wildman–Crippen LogP) is 2.59. The molecule has 0 aromatic rings. The Morgan fingerprint density at radius 2 is 2.23 bits per heavy atom. The summed E-state index contributed by atoms with van der Waals surface area (Å²) < 4.78 is 0. The summed E-state index contributed by atoms with van der Waals surface area (Å²) in [6.07, 6.45) is 2.67. The van der Waals surface area contributed by atoms with Crippen LogP contribution in [0, 0.1) is 5.92 Å². The van der Waals surface area contributed by atoms with Crippen LogP contribution in [0.15, 0.2) is 12.2 Å². The van der Waals surface area contributed by atoms with Gasteiger partial charge in [0, 0.05) is 18.3 Å². The van der Waals surface area contributed by atoms with Crippen LogP contribution >= 0.6 is 12.6 Å². The van der Waals surface area contributed by atoms with E-state index in [2.05, 4.69) is 38.0 Å². The van der Waals surface area contributed by atoms with Gasteiger partial charge in [-0.2, -0.15) is 12.6 Å². The summed E-state index contributed by atoms with van der Waals surface area (Å²) in [4.78, 5) is 2.53. The van der Waals surface area contributed by atoms with Gasteiger partial charge < -0.3 is 0 Å². The van der Waals surface area contributed by atoms with Gasteiger partial charge >= 0.3 is 0 Å². The second-order valence-corrected chi connectivity index (χ2v) is 4.67. The van der Waals surface area contributed by atoms with Gasteiger partial charge in [0.05, 0.1) is 0 Å². The molecule has 1 aliphatic heterocycles. The maximum atomic E-state index is 4.24. The molecule has 1 heterocycles. The third-order valence-electron chi connectivity index (χ3n) is 2.93. The van der Waals surface area contributed by atoms with E-state index in [9.17, 15) is 0 Å². The van der Waals surface area contributed by atoms with Crippen molar-refractivity contribution in [2.45, 2.75) is 32.7 Å². The van der Waals surface area contributed by atoms with Gasteiger partial charge in [0.1, 0.15) is 0 Å². The van der Waals surface area contributed by atoms with E-state index in [1.54, 1.807) is 0 Å². The van der Waals surface area contributed by atoms with Crippen molar-refractivity contribution in [3.63, 3.8) is 0 Å². The van der Waals surface area contributed by atoms with Crippen LogP contribution in [-0.2, 0) is 0 Å². The number of rotatable bonds is 3. The molecule has 0 bridgehead atoms. The van der Waals surface area contributed by atoms with Crippen LogP contribution in [-0.4, -0.2) is 29.8 Å². The molecule has 0 aromatic carbocycles.